The Hall–Kier alpha value is -8.60. The fourth-order valence-electron chi connectivity index (χ4n) is 11.3. The highest BCUT2D eigenvalue weighted by molar-refractivity contribution is 6.12. The normalized spacial score (nSPS) is 13.0. The van der Waals surface area contributed by atoms with E-state index < -0.39 is 0 Å². The standard InChI is InChI=1S/C63H43N3O/c1-63(2)54-38-41(40-28-36-59-53(37-40)50-19-8-12-24-58(50)65(59)42-15-4-3-5-16-42)27-34-46(54)47-35-33-45(39-55(47)63)64(60-25-14-21-52-51-20-9-13-26-61(51)67-62(52)60)43-29-31-44(32-30-43)66-56-22-10-6-17-48(56)49-18-7-11-23-57(49)66/h3-39H,1-2H3. The van der Waals surface area contributed by atoms with Crippen LogP contribution in [0.5, 0.6) is 0 Å². The van der Waals surface area contributed by atoms with Crippen LogP contribution in [0.4, 0.5) is 17.1 Å². The summed E-state index contributed by atoms with van der Waals surface area (Å²) in [4.78, 5) is 2.38. The van der Waals surface area contributed by atoms with E-state index in [1.54, 1.807) is 0 Å². The molecule has 0 saturated heterocycles. The zero-order valence-electron chi connectivity index (χ0n) is 37.1. The maximum Gasteiger partial charge on any atom is 0.159 e. The molecule has 4 nitrogen and oxygen atoms in total. The van der Waals surface area contributed by atoms with E-state index in [1.165, 1.54) is 82.7 Å². The number of hydrogen-bond acceptors (Lipinski definition) is 2. The maximum atomic E-state index is 6.75. The Morgan fingerprint density at radius 2 is 0.881 bits per heavy atom. The molecule has 3 heterocycles. The van der Waals surface area contributed by atoms with Gasteiger partial charge in [0.25, 0.3) is 0 Å². The number of anilines is 3. The number of nitrogens with zero attached hydrogens (tertiary/aromatic N) is 3. The van der Waals surface area contributed by atoms with Crippen molar-refractivity contribution in [2.45, 2.75) is 19.3 Å². The smallest absolute Gasteiger partial charge is 0.159 e. The van der Waals surface area contributed by atoms with Crippen LogP contribution in [0.2, 0.25) is 0 Å². The van der Waals surface area contributed by atoms with E-state index in [1.807, 2.05) is 6.07 Å². The molecule has 0 saturated carbocycles. The molecule has 67 heavy (non-hydrogen) atoms. The van der Waals surface area contributed by atoms with Crippen molar-refractivity contribution in [3.63, 3.8) is 0 Å². The minimum atomic E-state index is -0.262. The Kier molecular flexibility index (Phi) is 8.00. The van der Waals surface area contributed by atoms with Gasteiger partial charge in [0, 0.05) is 60.5 Å². The van der Waals surface area contributed by atoms with Gasteiger partial charge < -0.3 is 18.5 Å². The number of para-hydroxylation sites is 6. The van der Waals surface area contributed by atoms with E-state index in [-0.39, 0.29) is 5.41 Å². The summed E-state index contributed by atoms with van der Waals surface area (Å²) in [6.07, 6.45) is 0. The number of furan rings is 1. The van der Waals surface area contributed by atoms with Crippen LogP contribution in [0.1, 0.15) is 25.0 Å². The van der Waals surface area contributed by atoms with E-state index in [9.17, 15) is 0 Å². The van der Waals surface area contributed by atoms with Crippen LogP contribution in [-0.2, 0) is 5.41 Å². The van der Waals surface area contributed by atoms with Gasteiger partial charge in [-0.05, 0) is 130 Å². The summed E-state index contributed by atoms with van der Waals surface area (Å²) in [6, 6.07) is 81.8. The van der Waals surface area contributed by atoms with Gasteiger partial charge in [-0.15, -0.1) is 0 Å². The molecule has 14 rings (SSSR count). The van der Waals surface area contributed by atoms with Crippen LogP contribution < -0.4 is 4.90 Å². The van der Waals surface area contributed by atoms with Crippen molar-refractivity contribution in [2.24, 2.45) is 0 Å². The van der Waals surface area contributed by atoms with Crippen molar-refractivity contribution in [1.29, 1.82) is 0 Å². The second-order valence-electron chi connectivity index (χ2n) is 18.5. The summed E-state index contributed by atoms with van der Waals surface area (Å²) >= 11 is 0. The van der Waals surface area contributed by atoms with Crippen molar-refractivity contribution in [1.82, 2.24) is 9.13 Å². The molecule has 4 heteroatoms. The van der Waals surface area contributed by atoms with E-state index in [0.717, 1.165) is 44.7 Å². The second-order valence-corrected chi connectivity index (χ2v) is 18.5. The summed E-state index contributed by atoms with van der Waals surface area (Å²) in [5, 5.41) is 7.23. The summed E-state index contributed by atoms with van der Waals surface area (Å²) in [5.74, 6) is 0. The monoisotopic (exact) mass is 857 g/mol. The maximum absolute atomic E-state index is 6.75. The molecule has 0 N–H and O–H groups in total. The second kappa shape index (κ2) is 14.2. The fourth-order valence-corrected chi connectivity index (χ4v) is 11.3. The van der Waals surface area contributed by atoms with Crippen LogP contribution in [0, 0.1) is 0 Å². The Morgan fingerprint density at radius 3 is 1.58 bits per heavy atom. The molecule has 0 amide bonds. The van der Waals surface area contributed by atoms with E-state index >= 15 is 0 Å². The van der Waals surface area contributed by atoms with Gasteiger partial charge in [-0.2, -0.15) is 0 Å². The highest BCUT2D eigenvalue weighted by Gasteiger charge is 2.37. The molecule has 0 unspecified atom stereocenters. The van der Waals surface area contributed by atoms with Crippen LogP contribution in [0.15, 0.2) is 229 Å². The summed E-state index contributed by atoms with van der Waals surface area (Å²) in [7, 11) is 0. The van der Waals surface area contributed by atoms with Crippen LogP contribution in [-0.4, -0.2) is 9.13 Å². The average Bonchev–Trinajstić information content (AvgIpc) is 4.10. The van der Waals surface area contributed by atoms with E-state index in [2.05, 4.69) is 246 Å². The van der Waals surface area contributed by atoms with Crippen LogP contribution in [0.25, 0.3) is 99.2 Å². The average molecular weight is 858 g/mol. The molecular formula is C63H43N3O. The molecule has 1 aliphatic rings. The Morgan fingerprint density at radius 1 is 0.373 bits per heavy atom. The summed E-state index contributed by atoms with van der Waals surface area (Å²) in [6.45, 7) is 4.76. The summed E-state index contributed by atoms with van der Waals surface area (Å²) < 4.78 is 11.5. The van der Waals surface area contributed by atoms with Crippen LogP contribution >= 0.6 is 0 Å². The largest absolute Gasteiger partial charge is 0.454 e. The SMILES string of the molecule is CC1(C)c2cc(-c3ccc4c(c3)c3ccccc3n4-c3ccccc3)ccc2-c2ccc(N(c3ccc(-n4c5ccccc5c5ccccc54)cc3)c3cccc4c3oc3ccccc34)cc21. The molecule has 0 bridgehead atoms. The predicted molar refractivity (Wildman–Crippen MR) is 280 cm³/mol. The third-order valence-electron chi connectivity index (χ3n) is 14.5. The molecule has 3 aromatic heterocycles. The predicted octanol–water partition coefficient (Wildman–Crippen LogP) is 17.2. The first-order chi connectivity index (χ1) is 33.0. The first kappa shape index (κ1) is 37.7. The molecule has 0 aliphatic heterocycles. The zero-order chi connectivity index (χ0) is 44.4. The molecule has 1 aliphatic carbocycles. The quantitative estimate of drug-likeness (QED) is 0.167. The van der Waals surface area contributed by atoms with E-state index in [4.69, 9.17) is 4.42 Å². The number of benzene rings is 10. The minimum Gasteiger partial charge on any atom is -0.454 e. The van der Waals surface area contributed by atoms with Crippen molar-refractivity contribution >= 4 is 82.6 Å². The van der Waals surface area contributed by atoms with E-state index in [0.29, 0.717) is 0 Å². The fraction of sp³-hybridized carbons (Fsp3) is 0.0476. The number of rotatable bonds is 6. The van der Waals surface area contributed by atoms with Crippen molar-refractivity contribution in [3.05, 3.63) is 236 Å². The van der Waals surface area contributed by atoms with Crippen molar-refractivity contribution in [2.75, 3.05) is 4.90 Å². The van der Waals surface area contributed by atoms with Gasteiger partial charge in [-0.1, -0.05) is 141 Å². The van der Waals surface area contributed by atoms with Crippen molar-refractivity contribution < 1.29 is 4.42 Å². The van der Waals surface area contributed by atoms with Gasteiger partial charge >= 0.3 is 0 Å². The highest BCUT2D eigenvalue weighted by atomic mass is 16.3. The molecule has 10 aromatic carbocycles. The Balaban J connectivity index is 0.893. The zero-order valence-corrected chi connectivity index (χ0v) is 37.1. The van der Waals surface area contributed by atoms with Gasteiger partial charge in [0.1, 0.15) is 5.58 Å². The van der Waals surface area contributed by atoms with Gasteiger partial charge in [-0.3, -0.25) is 0 Å². The molecular weight excluding hydrogens is 815 g/mol. The number of aromatic nitrogens is 2. The Bertz CT molecular complexity index is 4080. The first-order valence-electron chi connectivity index (χ1n) is 23.2. The molecule has 0 fully saturated rings. The van der Waals surface area contributed by atoms with Gasteiger partial charge in [0.05, 0.1) is 27.8 Å². The van der Waals surface area contributed by atoms with Gasteiger partial charge in [0.15, 0.2) is 5.58 Å². The minimum absolute atomic E-state index is 0.262. The first-order valence-corrected chi connectivity index (χ1v) is 23.2. The Labute approximate surface area is 387 Å². The lowest BCUT2D eigenvalue weighted by atomic mass is 9.81. The molecule has 13 aromatic rings. The molecule has 0 radical (unpaired) electrons. The van der Waals surface area contributed by atoms with Gasteiger partial charge in [-0.25, -0.2) is 0 Å². The van der Waals surface area contributed by atoms with Crippen LogP contribution in [0.3, 0.4) is 0 Å². The third kappa shape index (κ3) is 5.54. The lowest BCUT2D eigenvalue weighted by Gasteiger charge is -2.28. The molecule has 0 spiro atoms. The topological polar surface area (TPSA) is 26.2 Å². The lowest BCUT2D eigenvalue weighted by Crippen LogP contribution is -2.16. The molecule has 316 valence electrons. The number of fused-ring (bicyclic) bond motifs is 12. The summed E-state index contributed by atoms with van der Waals surface area (Å²) in [5.41, 5.74) is 19.4. The van der Waals surface area contributed by atoms with Gasteiger partial charge in [0.2, 0.25) is 0 Å². The molecule has 0 atom stereocenters. The highest BCUT2D eigenvalue weighted by Crippen LogP contribution is 2.52. The van der Waals surface area contributed by atoms with Crippen molar-refractivity contribution in [3.8, 4) is 33.6 Å². The lowest BCUT2D eigenvalue weighted by molar-refractivity contribution is 0.660. The number of hydrogen-bond donors (Lipinski definition) is 0. The third-order valence-corrected chi connectivity index (χ3v) is 14.5.